The summed E-state index contributed by atoms with van der Waals surface area (Å²) in [5, 5.41) is 8.83. The van der Waals surface area contributed by atoms with Crippen LogP contribution in [0.25, 0.3) is 0 Å². The fraction of sp³-hybridized carbons (Fsp3) is 0.692. The predicted octanol–water partition coefficient (Wildman–Crippen LogP) is 2.84. The van der Waals surface area contributed by atoms with Gasteiger partial charge in [0, 0.05) is 24.7 Å². The fourth-order valence-corrected chi connectivity index (χ4v) is 3.74. The Hall–Kier alpha value is -1.30. The van der Waals surface area contributed by atoms with Crippen molar-refractivity contribution < 1.29 is 0 Å². The minimum Gasteiger partial charge on any atom is -0.348 e. The molecule has 3 fully saturated rings. The monoisotopic (exact) mass is 215 g/mol. The van der Waals surface area contributed by atoms with Crippen LogP contribution < -0.4 is 0 Å². The summed E-state index contributed by atoms with van der Waals surface area (Å²) >= 11 is 0. The molecule has 1 N–H and O–H groups in total. The third-order valence-electron chi connectivity index (χ3n) is 4.53. The van der Waals surface area contributed by atoms with Crippen LogP contribution in [0.1, 0.15) is 43.8 Å². The minimum atomic E-state index is 0.628. The Bertz CT molecular complexity index is 390. The SMILES string of the molecule is N#CCC1CC2CCC1CC2c1ncc[nH]1. The number of nitrogens with one attached hydrogen (secondary N) is 1. The highest BCUT2D eigenvalue weighted by molar-refractivity contribution is 5.07. The summed E-state index contributed by atoms with van der Waals surface area (Å²) in [4.78, 5) is 7.67. The molecule has 0 radical (unpaired) electrons. The lowest BCUT2D eigenvalue weighted by molar-refractivity contribution is 0.0753. The number of hydrogen-bond acceptors (Lipinski definition) is 2. The van der Waals surface area contributed by atoms with E-state index < -0.39 is 0 Å². The Labute approximate surface area is 95.9 Å². The van der Waals surface area contributed by atoms with Gasteiger partial charge in [-0.05, 0) is 43.4 Å². The van der Waals surface area contributed by atoms with Crippen LogP contribution in [0, 0.1) is 29.1 Å². The molecule has 1 aromatic heterocycles. The van der Waals surface area contributed by atoms with Crippen LogP contribution in [0.2, 0.25) is 0 Å². The first-order valence-corrected chi connectivity index (χ1v) is 6.24. The Kier molecular flexibility index (Phi) is 2.43. The number of H-pyrrole nitrogens is 1. The molecule has 4 unspecified atom stereocenters. The molecule has 0 aliphatic heterocycles. The van der Waals surface area contributed by atoms with Crippen molar-refractivity contribution in [3.63, 3.8) is 0 Å². The zero-order chi connectivity index (χ0) is 11.0. The fourth-order valence-electron chi connectivity index (χ4n) is 3.74. The molecule has 2 bridgehead atoms. The number of nitriles is 1. The van der Waals surface area contributed by atoms with Crippen molar-refractivity contribution in [3.05, 3.63) is 18.2 Å². The molecule has 1 heterocycles. The number of nitrogens with zero attached hydrogens (tertiary/aromatic N) is 2. The van der Waals surface area contributed by atoms with Gasteiger partial charge < -0.3 is 4.98 Å². The summed E-state index contributed by atoms with van der Waals surface area (Å²) in [5.41, 5.74) is 0. The van der Waals surface area contributed by atoms with Gasteiger partial charge in [-0.1, -0.05) is 0 Å². The van der Waals surface area contributed by atoms with Crippen LogP contribution in [0.15, 0.2) is 12.4 Å². The molecule has 3 nitrogen and oxygen atoms in total. The number of aromatic nitrogens is 2. The van der Waals surface area contributed by atoms with Gasteiger partial charge in [-0.25, -0.2) is 4.98 Å². The van der Waals surface area contributed by atoms with Gasteiger partial charge in [0.15, 0.2) is 0 Å². The van der Waals surface area contributed by atoms with Crippen molar-refractivity contribution in [2.45, 2.75) is 38.0 Å². The first-order chi connectivity index (χ1) is 7.88. The van der Waals surface area contributed by atoms with Crippen molar-refractivity contribution in [3.8, 4) is 6.07 Å². The van der Waals surface area contributed by atoms with Crippen LogP contribution in [-0.4, -0.2) is 9.97 Å². The second-order valence-electron chi connectivity index (χ2n) is 5.27. The molecule has 0 saturated heterocycles. The minimum absolute atomic E-state index is 0.628. The van der Waals surface area contributed by atoms with Gasteiger partial charge in [0.05, 0.1) is 6.07 Å². The number of hydrogen-bond donors (Lipinski definition) is 1. The normalized spacial score (nSPS) is 37.2. The Morgan fingerprint density at radius 1 is 1.38 bits per heavy atom. The molecule has 3 aliphatic rings. The van der Waals surface area contributed by atoms with Crippen LogP contribution >= 0.6 is 0 Å². The molecule has 0 aromatic carbocycles. The van der Waals surface area contributed by atoms with E-state index in [9.17, 15) is 0 Å². The second kappa shape index (κ2) is 3.93. The Morgan fingerprint density at radius 3 is 2.88 bits per heavy atom. The van der Waals surface area contributed by atoms with Crippen LogP contribution in [0.5, 0.6) is 0 Å². The molecule has 4 atom stereocenters. The molecule has 0 amide bonds. The number of rotatable bonds is 2. The van der Waals surface area contributed by atoms with Gasteiger partial charge in [-0.2, -0.15) is 5.26 Å². The van der Waals surface area contributed by atoms with E-state index in [4.69, 9.17) is 5.26 Å². The maximum absolute atomic E-state index is 8.83. The summed E-state index contributed by atoms with van der Waals surface area (Å²) in [7, 11) is 0. The topological polar surface area (TPSA) is 52.5 Å². The lowest BCUT2D eigenvalue weighted by atomic mass is 9.59. The highest BCUT2D eigenvalue weighted by Crippen LogP contribution is 2.52. The van der Waals surface area contributed by atoms with E-state index >= 15 is 0 Å². The van der Waals surface area contributed by atoms with E-state index in [-0.39, 0.29) is 0 Å². The summed E-state index contributed by atoms with van der Waals surface area (Å²) in [5.74, 6) is 3.98. The van der Waals surface area contributed by atoms with Gasteiger partial charge in [0.25, 0.3) is 0 Å². The summed E-state index contributed by atoms with van der Waals surface area (Å²) in [6, 6.07) is 2.35. The third-order valence-corrected chi connectivity index (χ3v) is 4.53. The zero-order valence-corrected chi connectivity index (χ0v) is 9.39. The first kappa shape index (κ1) is 9.89. The smallest absolute Gasteiger partial charge is 0.109 e. The van der Waals surface area contributed by atoms with Crippen molar-refractivity contribution >= 4 is 0 Å². The van der Waals surface area contributed by atoms with Crippen molar-refractivity contribution in [1.82, 2.24) is 9.97 Å². The second-order valence-corrected chi connectivity index (χ2v) is 5.27. The quantitative estimate of drug-likeness (QED) is 0.824. The molecule has 0 spiro atoms. The molecule has 3 saturated carbocycles. The molecular weight excluding hydrogens is 198 g/mol. The summed E-state index contributed by atoms with van der Waals surface area (Å²) in [6.07, 6.45) is 9.67. The highest BCUT2D eigenvalue weighted by atomic mass is 14.9. The van der Waals surface area contributed by atoms with Crippen molar-refractivity contribution in [2.24, 2.45) is 17.8 Å². The average molecular weight is 215 g/mol. The van der Waals surface area contributed by atoms with E-state index in [1.165, 1.54) is 31.5 Å². The summed E-state index contributed by atoms with van der Waals surface area (Å²) in [6.45, 7) is 0. The number of imidazole rings is 1. The maximum atomic E-state index is 8.83. The molecule has 84 valence electrons. The van der Waals surface area contributed by atoms with Crippen LogP contribution in [0.3, 0.4) is 0 Å². The van der Waals surface area contributed by atoms with E-state index in [2.05, 4.69) is 16.0 Å². The number of aromatic amines is 1. The lowest BCUT2D eigenvalue weighted by Crippen LogP contribution is -2.36. The lowest BCUT2D eigenvalue weighted by Gasteiger charge is -2.46. The Morgan fingerprint density at radius 2 is 2.25 bits per heavy atom. The standard InChI is InChI=1S/C13H17N3/c14-4-3-10-7-11-2-1-9(10)8-12(11)13-15-5-6-16-13/h5-6,9-12H,1-3,7-8H2,(H,15,16). The average Bonchev–Trinajstić information content (AvgIpc) is 2.84. The van der Waals surface area contributed by atoms with Gasteiger partial charge >= 0.3 is 0 Å². The van der Waals surface area contributed by atoms with Gasteiger partial charge in [-0.15, -0.1) is 0 Å². The highest BCUT2D eigenvalue weighted by Gasteiger charge is 2.42. The van der Waals surface area contributed by atoms with Crippen molar-refractivity contribution in [1.29, 1.82) is 5.26 Å². The van der Waals surface area contributed by atoms with Gasteiger partial charge in [-0.3, -0.25) is 0 Å². The van der Waals surface area contributed by atoms with E-state index in [0.29, 0.717) is 11.8 Å². The van der Waals surface area contributed by atoms with Gasteiger partial charge in [0.1, 0.15) is 5.82 Å². The maximum Gasteiger partial charge on any atom is 0.109 e. The van der Waals surface area contributed by atoms with Gasteiger partial charge in [0.2, 0.25) is 0 Å². The molecule has 3 heteroatoms. The molecule has 1 aromatic rings. The number of fused-ring (bicyclic) bond motifs is 3. The largest absolute Gasteiger partial charge is 0.348 e. The Balaban J connectivity index is 1.77. The zero-order valence-electron chi connectivity index (χ0n) is 9.39. The molecular formula is C13H17N3. The molecule has 4 rings (SSSR count). The van der Waals surface area contributed by atoms with E-state index in [0.717, 1.165) is 18.3 Å². The predicted molar refractivity (Wildman–Crippen MR) is 60.5 cm³/mol. The molecule has 3 aliphatic carbocycles. The third kappa shape index (κ3) is 1.53. The first-order valence-electron chi connectivity index (χ1n) is 6.24. The van der Waals surface area contributed by atoms with E-state index in [1.54, 1.807) is 0 Å². The van der Waals surface area contributed by atoms with Crippen LogP contribution in [0.4, 0.5) is 0 Å². The van der Waals surface area contributed by atoms with E-state index in [1.807, 2.05) is 12.4 Å². The van der Waals surface area contributed by atoms with Crippen molar-refractivity contribution in [2.75, 3.05) is 0 Å². The molecule has 16 heavy (non-hydrogen) atoms. The summed E-state index contributed by atoms with van der Waals surface area (Å²) < 4.78 is 0. The van der Waals surface area contributed by atoms with Crippen LogP contribution in [-0.2, 0) is 0 Å².